The van der Waals surface area contributed by atoms with E-state index in [1.54, 1.807) is 0 Å². The van der Waals surface area contributed by atoms with Crippen molar-refractivity contribution in [3.05, 3.63) is 72.9 Å². The normalized spacial score (nSPS) is 12.6. The lowest BCUT2D eigenvalue weighted by atomic mass is 10.0. The molecule has 0 aromatic heterocycles. The number of allylic oxidation sites excluding steroid dienone is 12. The predicted octanol–water partition coefficient (Wildman–Crippen LogP) is 17.4. The minimum absolute atomic E-state index is 0.0952. The minimum atomic E-state index is -0.801. The zero-order valence-corrected chi connectivity index (χ0v) is 41.3. The van der Waals surface area contributed by atoms with Crippen LogP contribution < -0.4 is 0 Å². The Hall–Kier alpha value is -3.15. The Morgan fingerprint density at radius 3 is 0.968 bits per heavy atom. The van der Waals surface area contributed by atoms with Gasteiger partial charge in [0.15, 0.2) is 6.10 Å². The summed E-state index contributed by atoms with van der Waals surface area (Å²) in [5.41, 5.74) is 0. The number of hydrogen-bond acceptors (Lipinski definition) is 6. The maximum absolute atomic E-state index is 12.8. The molecule has 63 heavy (non-hydrogen) atoms. The first kappa shape index (κ1) is 59.9. The van der Waals surface area contributed by atoms with Crippen LogP contribution in [-0.2, 0) is 28.6 Å². The second kappa shape index (κ2) is 51.5. The number of unbranched alkanes of at least 4 members (excludes halogenated alkanes) is 24. The monoisotopic (exact) mass is 879 g/mol. The van der Waals surface area contributed by atoms with Crippen LogP contribution in [0.5, 0.6) is 0 Å². The van der Waals surface area contributed by atoms with Gasteiger partial charge in [-0.15, -0.1) is 0 Å². The van der Waals surface area contributed by atoms with E-state index in [0.717, 1.165) is 77.0 Å². The van der Waals surface area contributed by atoms with Gasteiger partial charge in [-0.1, -0.05) is 248 Å². The number of carbonyl (C=O) groups is 3. The molecular weight excluding hydrogens is 781 g/mol. The number of ether oxygens (including phenoxy) is 3. The Labute approximate surface area is 389 Å². The molecule has 6 heteroatoms. The Kier molecular flexibility index (Phi) is 48.9. The van der Waals surface area contributed by atoms with Crippen LogP contribution in [0.1, 0.15) is 252 Å². The van der Waals surface area contributed by atoms with E-state index in [-0.39, 0.29) is 37.5 Å². The molecule has 1 unspecified atom stereocenters. The molecule has 362 valence electrons. The molecule has 0 aliphatic rings. The Balaban J connectivity index is 4.47. The molecule has 0 amide bonds. The van der Waals surface area contributed by atoms with E-state index in [4.69, 9.17) is 14.2 Å². The number of esters is 3. The molecule has 0 saturated heterocycles. The average Bonchev–Trinajstić information content (AvgIpc) is 3.28. The lowest BCUT2D eigenvalue weighted by Gasteiger charge is -2.18. The fourth-order valence-electron chi connectivity index (χ4n) is 7.29. The van der Waals surface area contributed by atoms with Crippen molar-refractivity contribution in [3.8, 4) is 0 Å². The molecule has 0 heterocycles. The van der Waals surface area contributed by atoms with Crippen molar-refractivity contribution in [2.24, 2.45) is 0 Å². The molecule has 0 radical (unpaired) electrons. The van der Waals surface area contributed by atoms with E-state index >= 15 is 0 Å². The molecule has 0 N–H and O–H groups in total. The molecule has 0 rings (SSSR count). The Morgan fingerprint density at radius 1 is 0.333 bits per heavy atom. The fourth-order valence-corrected chi connectivity index (χ4v) is 7.29. The summed E-state index contributed by atoms with van der Waals surface area (Å²) in [6.45, 7) is 6.47. The van der Waals surface area contributed by atoms with Gasteiger partial charge in [-0.2, -0.15) is 0 Å². The molecule has 0 aliphatic heterocycles. The third-order valence-corrected chi connectivity index (χ3v) is 11.2. The van der Waals surface area contributed by atoms with Gasteiger partial charge in [0.2, 0.25) is 0 Å². The third kappa shape index (κ3) is 49.7. The summed E-state index contributed by atoms with van der Waals surface area (Å²) in [6, 6.07) is 0. The topological polar surface area (TPSA) is 78.9 Å². The smallest absolute Gasteiger partial charge is 0.306 e. The highest BCUT2D eigenvalue weighted by molar-refractivity contribution is 5.71. The first-order chi connectivity index (χ1) is 31.0. The van der Waals surface area contributed by atoms with Crippen LogP contribution in [0, 0.1) is 0 Å². The summed E-state index contributed by atoms with van der Waals surface area (Å²) >= 11 is 0. The third-order valence-electron chi connectivity index (χ3n) is 11.2. The van der Waals surface area contributed by atoms with Crippen molar-refractivity contribution >= 4 is 17.9 Å². The molecule has 6 nitrogen and oxygen atoms in total. The second-order valence-electron chi connectivity index (χ2n) is 17.4. The van der Waals surface area contributed by atoms with Gasteiger partial charge in [-0.3, -0.25) is 14.4 Å². The van der Waals surface area contributed by atoms with E-state index < -0.39 is 6.10 Å². The van der Waals surface area contributed by atoms with Gasteiger partial charge >= 0.3 is 17.9 Å². The van der Waals surface area contributed by atoms with Gasteiger partial charge in [0.05, 0.1) is 0 Å². The highest BCUT2D eigenvalue weighted by Crippen LogP contribution is 2.15. The van der Waals surface area contributed by atoms with Crippen molar-refractivity contribution in [2.45, 2.75) is 258 Å². The van der Waals surface area contributed by atoms with Gasteiger partial charge in [0.1, 0.15) is 13.2 Å². The molecule has 0 aromatic carbocycles. The van der Waals surface area contributed by atoms with Crippen LogP contribution in [0.3, 0.4) is 0 Å². The SMILES string of the molecule is CC/C=C\C/C=C/C/C=C/C/C=C/C/C=C/C/C=C/CCC(=O)OCC(COC(=O)CCCCCCCCCCCCCCC)OC(=O)CCCCCCCCCCCCCCC. The summed E-state index contributed by atoms with van der Waals surface area (Å²) in [6.07, 6.45) is 64.7. The Morgan fingerprint density at radius 2 is 0.619 bits per heavy atom. The lowest BCUT2D eigenvalue weighted by molar-refractivity contribution is -0.166. The molecule has 0 spiro atoms. The molecule has 1 atom stereocenters. The van der Waals surface area contributed by atoms with Crippen molar-refractivity contribution in [2.75, 3.05) is 13.2 Å². The fraction of sp³-hybridized carbons (Fsp3) is 0.737. The van der Waals surface area contributed by atoms with Crippen molar-refractivity contribution < 1.29 is 28.6 Å². The number of hydrogen-bond donors (Lipinski definition) is 0. The zero-order chi connectivity index (χ0) is 45.8. The maximum atomic E-state index is 12.8. The highest BCUT2D eigenvalue weighted by Gasteiger charge is 2.19. The van der Waals surface area contributed by atoms with Crippen LogP contribution in [0.2, 0.25) is 0 Å². The van der Waals surface area contributed by atoms with Crippen LogP contribution in [0.25, 0.3) is 0 Å². The van der Waals surface area contributed by atoms with E-state index in [2.05, 4.69) is 87.6 Å². The number of rotatable bonds is 47. The van der Waals surface area contributed by atoms with Gasteiger partial charge in [-0.25, -0.2) is 0 Å². The van der Waals surface area contributed by atoms with Crippen LogP contribution in [0.4, 0.5) is 0 Å². The van der Waals surface area contributed by atoms with Gasteiger partial charge in [-0.05, 0) is 57.8 Å². The molecule has 0 aliphatic carbocycles. The molecular formula is C57H98O6. The standard InChI is InChI=1S/C57H98O6/c1-4-7-10-13-16-19-22-25-26-27-28-29-30-33-35-38-41-44-47-50-56(59)62-53-54(63-57(60)51-48-45-42-39-36-32-24-21-18-15-12-9-6-3)52-61-55(58)49-46-43-40-37-34-31-23-20-17-14-11-8-5-2/h7,10,16,19,25-26,28-29,33,35,41,44,54H,4-6,8-9,11-15,17-18,20-24,27,30-32,34,36-40,42-43,45-53H2,1-3H3/b10-7-,19-16+,26-25+,29-28+,35-33+,44-41+. The molecule has 0 aromatic rings. The average molecular weight is 879 g/mol. The van der Waals surface area contributed by atoms with Gasteiger partial charge in [0, 0.05) is 19.3 Å². The molecule has 0 bridgehead atoms. The first-order valence-corrected chi connectivity index (χ1v) is 26.4. The quantitative estimate of drug-likeness (QED) is 0.0262. The van der Waals surface area contributed by atoms with Gasteiger partial charge < -0.3 is 14.2 Å². The molecule has 0 saturated carbocycles. The number of carbonyl (C=O) groups excluding carboxylic acids is 3. The first-order valence-electron chi connectivity index (χ1n) is 26.4. The predicted molar refractivity (Wildman–Crippen MR) is 270 cm³/mol. The minimum Gasteiger partial charge on any atom is -0.462 e. The largest absolute Gasteiger partial charge is 0.462 e. The summed E-state index contributed by atoms with van der Waals surface area (Å²) in [4.78, 5) is 37.9. The van der Waals surface area contributed by atoms with E-state index in [1.807, 2.05) is 6.08 Å². The van der Waals surface area contributed by atoms with Crippen LogP contribution >= 0.6 is 0 Å². The van der Waals surface area contributed by atoms with Crippen molar-refractivity contribution in [1.29, 1.82) is 0 Å². The second-order valence-corrected chi connectivity index (χ2v) is 17.4. The summed E-state index contributed by atoms with van der Waals surface area (Å²) < 4.78 is 16.7. The highest BCUT2D eigenvalue weighted by atomic mass is 16.6. The van der Waals surface area contributed by atoms with Gasteiger partial charge in [0.25, 0.3) is 0 Å². The van der Waals surface area contributed by atoms with Crippen LogP contribution in [0.15, 0.2) is 72.9 Å². The maximum Gasteiger partial charge on any atom is 0.306 e. The van der Waals surface area contributed by atoms with Crippen LogP contribution in [-0.4, -0.2) is 37.2 Å². The summed E-state index contributed by atoms with van der Waals surface area (Å²) in [7, 11) is 0. The summed E-state index contributed by atoms with van der Waals surface area (Å²) in [5, 5.41) is 0. The Bertz CT molecular complexity index is 1190. The van der Waals surface area contributed by atoms with E-state index in [1.165, 1.54) is 128 Å². The zero-order valence-electron chi connectivity index (χ0n) is 41.3. The van der Waals surface area contributed by atoms with Crippen molar-refractivity contribution in [1.82, 2.24) is 0 Å². The lowest BCUT2D eigenvalue weighted by Crippen LogP contribution is -2.30. The summed E-state index contributed by atoms with van der Waals surface area (Å²) in [5.74, 6) is -0.977. The van der Waals surface area contributed by atoms with E-state index in [9.17, 15) is 14.4 Å². The van der Waals surface area contributed by atoms with Crippen molar-refractivity contribution in [3.63, 3.8) is 0 Å². The molecule has 0 fully saturated rings. The van der Waals surface area contributed by atoms with E-state index in [0.29, 0.717) is 19.3 Å².